The summed E-state index contributed by atoms with van der Waals surface area (Å²) < 4.78 is 0. The van der Waals surface area contributed by atoms with Gasteiger partial charge in [-0.3, -0.25) is 10.1 Å². The van der Waals surface area contributed by atoms with E-state index in [0.717, 1.165) is 11.2 Å². The van der Waals surface area contributed by atoms with Gasteiger partial charge in [0, 0.05) is 17.6 Å². The Morgan fingerprint density at radius 1 is 1.41 bits per heavy atom. The van der Waals surface area contributed by atoms with Gasteiger partial charge in [0.25, 0.3) is 5.69 Å². The normalized spacial score (nSPS) is 10.8. The standard InChI is InChI=1S/C9H7N5O2S/c15-14(16)7-1-2-8(11-5-7)13-12-6-9-10-3-4-17-9/h1-5H,6H2. The summed E-state index contributed by atoms with van der Waals surface area (Å²) in [7, 11) is 0. The molecule has 2 aromatic heterocycles. The van der Waals surface area contributed by atoms with Crippen LogP contribution in [0.4, 0.5) is 11.5 Å². The maximum Gasteiger partial charge on any atom is 0.287 e. The number of hydrogen-bond donors (Lipinski definition) is 0. The molecule has 0 saturated heterocycles. The summed E-state index contributed by atoms with van der Waals surface area (Å²) in [5.41, 5.74) is -0.0659. The van der Waals surface area contributed by atoms with Crippen LogP contribution in [-0.2, 0) is 6.54 Å². The van der Waals surface area contributed by atoms with Crippen molar-refractivity contribution in [3.63, 3.8) is 0 Å². The number of nitro groups is 1. The molecular weight excluding hydrogens is 242 g/mol. The van der Waals surface area contributed by atoms with Gasteiger partial charge < -0.3 is 0 Å². The third kappa shape index (κ3) is 3.11. The van der Waals surface area contributed by atoms with Crippen molar-refractivity contribution in [3.8, 4) is 0 Å². The number of pyridine rings is 1. The van der Waals surface area contributed by atoms with Crippen LogP contribution in [0.15, 0.2) is 40.1 Å². The zero-order chi connectivity index (χ0) is 12.1. The second kappa shape index (κ2) is 5.21. The zero-order valence-corrected chi connectivity index (χ0v) is 9.37. The average molecular weight is 249 g/mol. The van der Waals surface area contributed by atoms with Gasteiger partial charge in [0.05, 0.1) is 4.92 Å². The lowest BCUT2D eigenvalue weighted by Gasteiger charge is -1.91. The van der Waals surface area contributed by atoms with E-state index in [1.165, 1.54) is 23.5 Å². The second-order valence-corrected chi connectivity index (χ2v) is 3.94. The Kier molecular flexibility index (Phi) is 3.46. The quantitative estimate of drug-likeness (QED) is 0.473. The molecule has 0 radical (unpaired) electrons. The van der Waals surface area contributed by atoms with Crippen LogP contribution < -0.4 is 0 Å². The van der Waals surface area contributed by atoms with Crippen molar-refractivity contribution in [2.75, 3.05) is 0 Å². The van der Waals surface area contributed by atoms with Gasteiger partial charge in [-0.2, -0.15) is 5.11 Å². The summed E-state index contributed by atoms with van der Waals surface area (Å²) in [5, 5.41) is 20.8. The molecule has 0 bridgehead atoms. The van der Waals surface area contributed by atoms with E-state index in [1.807, 2.05) is 5.38 Å². The first-order chi connectivity index (χ1) is 8.25. The van der Waals surface area contributed by atoms with Crippen molar-refractivity contribution in [2.24, 2.45) is 10.2 Å². The summed E-state index contributed by atoms with van der Waals surface area (Å²) in [6, 6.07) is 2.79. The highest BCUT2D eigenvalue weighted by atomic mass is 32.1. The van der Waals surface area contributed by atoms with E-state index in [-0.39, 0.29) is 5.69 Å². The van der Waals surface area contributed by atoms with Crippen LogP contribution in [0.1, 0.15) is 5.01 Å². The number of rotatable bonds is 4. The highest BCUT2D eigenvalue weighted by Crippen LogP contribution is 2.15. The van der Waals surface area contributed by atoms with E-state index in [2.05, 4.69) is 20.2 Å². The molecule has 8 heteroatoms. The monoisotopic (exact) mass is 249 g/mol. The minimum atomic E-state index is -0.510. The van der Waals surface area contributed by atoms with Crippen LogP contribution in [0, 0.1) is 10.1 Å². The lowest BCUT2D eigenvalue weighted by Crippen LogP contribution is -1.87. The van der Waals surface area contributed by atoms with Crippen LogP contribution in [0.2, 0.25) is 0 Å². The Balaban J connectivity index is 1.99. The number of hydrogen-bond acceptors (Lipinski definition) is 7. The SMILES string of the molecule is O=[N+]([O-])c1ccc(N=NCc2nccs2)nc1. The van der Waals surface area contributed by atoms with Gasteiger partial charge >= 0.3 is 0 Å². The van der Waals surface area contributed by atoms with Gasteiger partial charge in [-0.05, 0) is 6.07 Å². The topological polar surface area (TPSA) is 93.6 Å². The van der Waals surface area contributed by atoms with Gasteiger partial charge in [0.2, 0.25) is 0 Å². The van der Waals surface area contributed by atoms with Gasteiger partial charge in [-0.25, -0.2) is 9.97 Å². The van der Waals surface area contributed by atoms with E-state index in [1.54, 1.807) is 6.20 Å². The fourth-order valence-corrected chi connectivity index (χ4v) is 1.58. The minimum absolute atomic E-state index is 0.0659. The van der Waals surface area contributed by atoms with Crippen molar-refractivity contribution in [1.82, 2.24) is 9.97 Å². The number of thiazole rings is 1. The highest BCUT2D eigenvalue weighted by Gasteiger charge is 2.04. The molecule has 0 aliphatic heterocycles. The number of aromatic nitrogens is 2. The van der Waals surface area contributed by atoms with Crippen molar-refractivity contribution >= 4 is 22.8 Å². The minimum Gasteiger partial charge on any atom is -0.258 e. The van der Waals surface area contributed by atoms with Crippen LogP contribution in [0.3, 0.4) is 0 Å². The predicted octanol–water partition coefficient (Wildman–Crippen LogP) is 2.73. The van der Waals surface area contributed by atoms with Crippen LogP contribution in [0.25, 0.3) is 0 Å². The molecule has 0 atom stereocenters. The smallest absolute Gasteiger partial charge is 0.258 e. The van der Waals surface area contributed by atoms with Crippen LogP contribution >= 0.6 is 11.3 Å². The van der Waals surface area contributed by atoms with Gasteiger partial charge in [-0.1, -0.05) is 0 Å². The first-order valence-electron chi connectivity index (χ1n) is 4.62. The van der Waals surface area contributed by atoms with Crippen molar-refractivity contribution in [1.29, 1.82) is 0 Å². The molecule has 0 amide bonds. The molecule has 0 N–H and O–H groups in total. The third-order valence-electron chi connectivity index (χ3n) is 1.81. The molecule has 86 valence electrons. The molecule has 0 aromatic carbocycles. The summed E-state index contributed by atoms with van der Waals surface area (Å²) in [5.74, 6) is 0.340. The number of nitrogens with zero attached hydrogens (tertiary/aromatic N) is 5. The summed E-state index contributed by atoms with van der Waals surface area (Å²) in [6.45, 7) is 0.385. The molecular formula is C9H7N5O2S. The van der Waals surface area contributed by atoms with Gasteiger partial charge in [0.1, 0.15) is 17.7 Å². The maximum absolute atomic E-state index is 10.4. The Morgan fingerprint density at radius 2 is 2.29 bits per heavy atom. The first kappa shape index (κ1) is 11.3. The molecule has 0 saturated carbocycles. The van der Waals surface area contributed by atoms with Crippen LogP contribution in [0.5, 0.6) is 0 Å². The van der Waals surface area contributed by atoms with E-state index in [9.17, 15) is 10.1 Å². The fourth-order valence-electron chi connectivity index (χ4n) is 1.04. The summed E-state index contributed by atoms with van der Waals surface area (Å²) >= 11 is 1.49. The van der Waals surface area contributed by atoms with E-state index >= 15 is 0 Å². The molecule has 2 heterocycles. The number of azo groups is 1. The first-order valence-corrected chi connectivity index (χ1v) is 5.50. The van der Waals surface area contributed by atoms with Gasteiger partial charge in [-0.15, -0.1) is 16.5 Å². The van der Waals surface area contributed by atoms with Crippen LogP contribution in [-0.4, -0.2) is 14.9 Å². The molecule has 0 fully saturated rings. The molecule has 2 aromatic rings. The summed E-state index contributed by atoms with van der Waals surface area (Å²) in [6.07, 6.45) is 2.84. The highest BCUT2D eigenvalue weighted by molar-refractivity contribution is 7.09. The molecule has 0 unspecified atom stereocenters. The largest absolute Gasteiger partial charge is 0.287 e. The molecule has 0 spiro atoms. The Bertz CT molecular complexity index is 523. The zero-order valence-electron chi connectivity index (χ0n) is 8.55. The second-order valence-electron chi connectivity index (χ2n) is 2.96. The lowest BCUT2D eigenvalue weighted by atomic mass is 10.4. The van der Waals surface area contributed by atoms with Crippen molar-refractivity contribution in [2.45, 2.75) is 6.54 Å². The third-order valence-corrected chi connectivity index (χ3v) is 2.57. The lowest BCUT2D eigenvalue weighted by molar-refractivity contribution is -0.385. The summed E-state index contributed by atoms with van der Waals surface area (Å²) in [4.78, 5) is 17.7. The van der Waals surface area contributed by atoms with E-state index in [0.29, 0.717) is 12.4 Å². The van der Waals surface area contributed by atoms with Crippen molar-refractivity contribution in [3.05, 3.63) is 45.0 Å². The van der Waals surface area contributed by atoms with Crippen molar-refractivity contribution < 1.29 is 4.92 Å². The molecule has 7 nitrogen and oxygen atoms in total. The van der Waals surface area contributed by atoms with Gasteiger partial charge in [0.15, 0.2) is 5.82 Å². The fraction of sp³-hybridized carbons (Fsp3) is 0.111. The molecule has 2 rings (SSSR count). The molecule has 0 aliphatic rings. The van der Waals surface area contributed by atoms with E-state index in [4.69, 9.17) is 0 Å². The maximum atomic E-state index is 10.4. The molecule has 0 aliphatic carbocycles. The van der Waals surface area contributed by atoms with E-state index < -0.39 is 4.92 Å². The molecule has 17 heavy (non-hydrogen) atoms. The average Bonchev–Trinajstić information content (AvgIpc) is 2.83. The Labute approximate surface area is 100 Å². The predicted molar refractivity (Wildman–Crippen MR) is 61.2 cm³/mol. The Morgan fingerprint density at radius 3 is 2.88 bits per heavy atom. The Hall–Kier alpha value is -2.22.